The molecule has 1 unspecified atom stereocenters. The molecule has 0 aliphatic rings. The Morgan fingerprint density at radius 1 is 0.963 bits per heavy atom. The van der Waals surface area contributed by atoms with Gasteiger partial charge in [-0.25, -0.2) is 0 Å². The Balaban J connectivity index is 2.89. The monoisotopic (exact) mass is 394 g/mol. The summed E-state index contributed by atoms with van der Waals surface area (Å²) in [6.07, 6.45) is 2.38. The van der Waals surface area contributed by atoms with Crippen LogP contribution in [0.4, 0.5) is 0 Å². The average molecular weight is 394 g/mol. The van der Waals surface area contributed by atoms with Gasteiger partial charge in [0.15, 0.2) is 11.5 Å². The van der Waals surface area contributed by atoms with Crippen molar-refractivity contribution in [3.8, 4) is 23.0 Å². The first-order chi connectivity index (χ1) is 12.8. The zero-order chi connectivity index (χ0) is 20.1. The van der Waals surface area contributed by atoms with Crippen molar-refractivity contribution in [2.45, 2.75) is 31.6 Å². The van der Waals surface area contributed by atoms with Gasteiger partial charge in [0.2, 0.25) is 11.5 Å². The van der Waals surface area contributed by atoms with Crippen LogP contribution in [0.5, 0.6) is 23.0 Å². The Morgan fingerprint density at radius 2 is 1.56 bits per heavy atom. The van der Waals surface area contributed by atoms with Crippen molar-refractivity contribution in [2.75, 3.05) is 20.5 Å². The number of carbonyl (C=O) groups is 2. The molecule has 0 bridgehead atoms. The van der Waals surface area contributed by atoms with Crippen molar-refractivity contribution in [2.24, 2.45) is 0 Å². The number of fused-ring (bicyclic) bond motifs is 1. The maximum absolute atomic E-state index is 12.1. The molecule has 146 valence electrons. The van der Waals surface area contributed by atoms with Crippen LogP contribution in [0.3, 0.4) is 0 Å². The summed E-state index contributed by atoms with van der Waals surface area (Å²) in [6, 6.07) is 4.91. The van der Waals surface area contributed by atoms with Gasteiger partial charge in [-0.1, -0.05) is 6.92 Å². The highest BCUT2D eigenvalue weighted by molar-refractivity contribution is 7.84. The molecule has 0 heterocycles. The van der Waals surface area contributed by atoms with Crippen LogP contribution in [0.1, 0.15) is 26.7 Å². The molecular formula is C19H22O7S. The van der Waals surface area contributed by atoms with Gasteiger partial charge < -0.3 is 18.9 Å². The van der Waals surface area contributed by atoms with E-state index in [4.69, 9.17) is 18.9 Å². The van der Waals surface area contributed by atoms with Crippen molar-refractivity contribution in [3.05, 3.63) is 18.2 Å². The molecule has 8 heteroatoms. The zero-order valence-corrected chi connectivity index (χ0v) is 16.7. The van der Waals surface area contributed by atoms with Gasteiger partial charge in [0.05, 0.1) is 14.2 Å². The largest absolute Gasteiger partial charge is 0.490 e. The Morgan fingerprint density at radius 3 is 2.04 bits per heavy atom. The summed E-state index contributed by atoms with van der Waals surface area (Å²) < 4.78 is 33.6. The second kappa shape index (κ2) is 8.85. The lowest BCUT2D eigenvalue weighted by Gasteiger charge is -2.19. The van der Waals surface area contributed by atoms with E-state index in [1.807, 2.05) is 6.92 Å². The SMILES string of the molecule is CCCC(=O)Oc1c(OC)c(OC)c(OC(C)=O)c2ccc(S(C)=O)cc12. The minimum atomic E-state index is -1.26. The van der Waals surface area contributed by atoms with E-state index in [-0.39, 0.29) is 29.4 Å². The quantitative estimate of drug-likeness (QED) is 0.526. The van der Waals surface area contributed by atoms with Gasteiger partial charge in [-0.3, -0.25) is 13.8 Å². The molecule has 2 aromatic rings. The number of hydrogen-bond donors (Lipinski definition) is 0. The third kappa shape index (κ3) is 4.39. The first-order valence-corrected chi connectivity index (χ1v) is 9.84. The average Bonchev–Trinajstić information content (AvgIpc) is 2.62. The lowest BCUT2D eigenvalue weighted by molar-refractivity contribution is -0.134. The molecule has 0 saturated heterocycles. The summed E-state index contributed by atoms with van der Waals surface area (Å²) in [5, 5.41) is 0.900. The number of methoxy groups -OCH3 is 2. The van der Waals surface area contributed by atoms with Gasteiger partial charge in [-0.15, -0.1) is 0 Å². The lowest BCUT2D eigenvalue weighted by atomic mass is 10.1. The van der Waals surface area contributed by atoms with Crippen LogP contribution >= 0.6 is 0 Å². The highest BCUT2D eigenvalue weighted by Crippen LogP contribution is 2.51. The number of benzene rings is 2. The summed E-state index contributed by atoms with van der Waals surface area (Å²) in [7, 11) is 1.52. The molecule has 2 aromatic carbocycles. The molecule has 2 rings (SSSR count). The number of rotatable bonds is 7. The van der Waals surface area contributed by atoms with Crippen LogP contribution in [0.2, 0.25) is 0 Å². The standard InChI is InChI=1S/C19H22O7S/c1-6-7-15(21)26-17-14-10-12(27(5)22)8-9-13(14)16(25-11(2)20)18(23-3)19(17)24-4/h8-10H,6-7H2,1-5H3. The van der Waals surface area contributed by atoms with E-state index in [2.05, 4.69) is 0 Å². The summed E-state index contributed by atoms with van der Waals surface area (Å²) in [5.41, 5.74) is 0. The molecule has 0 fully saturated rings. The van der Waals surface area contributed by atoms with Crippen LogP contribution in [0.15, 0.2) is 23.1 Å². The van der Waals surface area contributed by atoms with E-state index in [1.165, 1.54) is 27.4 Å². The van der Waals surface area contributed by atoms with E-state index in [1.54, 1.807) is 18.2 Å². The van der Waals surface area contributed by atoms with Crippen LogP contribution in [0, 0.1) is 0 Å². The smallest absolute Gasteiger partial charge is 0.311 e. The van der Waals surface area contributed by atoms with Crippen molar-refractivity contribution in [1.29, 1.82) is 0 Å². The lowest BCUT2D eigenvalue weighted by Crippen LogP contribution is -2.10. The van der Waals surface area contributed by atoms with Gasteiger partial charge in [0, 0.05) is 46.1 Å². The normalized spacial score (nSPS) is 11.7. The minimum absolute atomic E-state index is 0.115. The van der Waals surface area contributed by atoms with Crippen molar-refractivity contribution < 1.29 is 32.7 Å². The highest BCUT2D eigenvalue weighted by Gasteiger charge is 2.26. The summed E-state index contributed by atoms with van der Waals surface area (Å²) >= 11 is 0. The molecule has 1 atom stereocenters. The van der Waals surface area contributed by atoms with Gasteiger partial charge in [-0.2, -0.15) is 0 Å². The first kappa shape index (κ1) is 20.7. The number of carbonyl (C=O) groups excluding carboxylic acids is 2. The minimum Gasteiger partial charge on any atom is -0.490 e. The van der Waals surface area contributed by atoms with Crippen LogP contribution in [-0.4, -0.2) is 36.6 Å². The topological polar surface area (TPSA) is 88.1 Å². The fraction of sp³-hybridized carbons (Fsp3) is 0.368. The molecule has 0 amide bonds. The van der Waals surface area contributed by atoms with E-state index in [0.29, 0.717) is 22.1 Å². The van der Waals surface area contributed by atoms with Crippen molar-refractivity contribution in [1.82, 2.24) is 0 Å². The Labute approximate surface area is 160 Å². The molecule has 0 aliphatic heterocycles. The maximum Gasteiger partial charge on any atom is 0.311 e. The fourth-order valence-electron chi connectivity index (χ4n) is 2.63. The maximum atomic E-state index is 12.1. The first-order valence-electron chi connectivity index (χ1n) is 8.28. The van der Waals surface area contributed by atoms with E-state index in [0.717, 1.165) is 0 Å². The molecule has 0 aromatic heterocycles. The molecule has 0 saturated carbocycles. The predicted molar refractivity (Wildman–Crippen MR) is 101 cm³/mol. The molecule has 27 heavy (non-hydrogen) atoms. The molecule has 0 aliphatic carbocycles. The Bertz CT molecular complexity index is 905. The third-order valence-corrected chi connectivity index (χ3v) is 4.67. The summed E-state index contributed by atoms with van der Waals surface area (Å²) in [4.78, 5) is 24.3. The molecular weight excluding hydrogens is 372 g/mol. The zero-order valence-electron chi connectivity index (χ0n) is 15.9. The van der Waals surface area contributed by atoms with E-state index >= 15 is 0 Å². The fourth-order valence-corrected chi connectivity index (χ4v) is 3.17. The molecule has 0 N–H and O–H groups in total. The molecule has 0 radical (unpaired) electrons. The van der Waals surface area contributed by atoms with Crippen molar-refractivity contribution in [3.63, 3.8) is 0 Å². The second-order valence-electron chi connectivity index (χ2n) is 5.70. The van der Waals surface area contributed by atoms with Gasteiger partial charge >= 0.3 is 11.9 Å². The summed E-state index contributed by atoms with van der Waals surface area (Å²) in [5.74, 6) is -0.473. The Kier molecular flexibility index (Phi) is 6.79. The number of hydrogen-bond acceptors (Lipinski definition) is 7. The van der Waals surface area contributed by atoms with Crippen LogP contribution < -0.4 is 18.9 Å². The third-order valence-electron chi connectivity index (χ3n) is 3.75. The Hall–Kier alpha value is -2.61. The predicted octanol–water partition coefficient (Wildman–Crippen LogP) is 3.23. The number of ether oxygens (including phenoxy) is 4. The number of esters is 2. The van der Waals surface area contributed by atoms with Crippen molar-refractivity contribution >= 4 is 33.5 Å². The molecule has 0 spiro atoms. The van der Waals surface area contributed by atoms with Gasteiger partial charge in [0.1, 0.15) is 0 Å². The molecule has 7 nitrogen and oxygen atoms in total. The second-order valence-corrected chi connectivity index (χ2v) is 7.08. The van der Waals surface area contributed by atoms with Crippen LogP contribution in [-0.2, 0) is 20.4 Å². The van der Waals surface area contributed by atoms with Crippen LogP contribution in [0.25, 0.3) is 10.8 Å². The highest BCUT2D eigenvalue weighted by atomic mass is 32.2. The van der Waals surface area contributed by atoms with E-state index < -0.39 is 22.7 Å². The van der Waals surface area contributed by atoms with E-state index in [9.17, 15) is 13.8 Å². The summed E-state index contributed by atoms with van der Waals surface area (Å²) in [6.45, 7) is 3.13. The van der Waals surface area contributed by atoms with Gasteiger partial charge in [0.25, 0.3) is 0 Å². The van der Waals surface area contributed by atoms with Gasteiger partial charge in [-0.05, 0) is 24.6 Å².